The van der Waals surface area contributed by atoms with Crippen LogP contribution in [0.1, 0.15) is 27.2 Å². The molecule has 5 nitrogen and oxygen atoms in total. The lowest BCUT2D eigenvalue weighted by atomic mass is 10.1. The highest BCUT2D eigenvalue weighted by Crippen LogP contribution is 2.18. The Balaban J connectivity index is 2.83. The summed E-state index contributed by atoms with van der Waals surface area (Å²) in [4.78, 5) is 24.2. The van der Waals surface area contributed by atoms with Crippen molar-refractivity contribution >= 4 is 17.7 Å². The second kappa shape index (κ2) is 6.36. The Hall–Kier alpha value is -2.11. The number of aliphatic carboxylic acids is 1. The Kier molecular flexibility index (Phi) is 5.07. The van der Waals surface area contributed by atoms with Crippen LogP contribution in [0.5, 0.6) is 0 Å². The third kappa shape index (κ3) is 4.53. The van der Waals surface area contributed by atoms with E-state index in [9.17, 15) is 14.0 Å². The summed E-state index contributed by atoms with van der Waals surface area (Å²) in [6, 6.07) is 5.30. The molecule has 110 valence electrons. The summed E-state index contributed by atoms with van der Waals surface area (Å²) >= 11 is 0. The molecule has 0 fully saturated rings. The first-order chi connectivity index (χ1) is 9.21. The lowest BCUT2D eigenvalue weighted by molar-refractivity contribution is -0.137. The van der Waals surface area contributed by atoms with Crippen LogP contribution in [0.2, 0.25) is 0 Å². The van der Waals surface area contributed by atoms with Crippen LogP contribution in [0, 0.1) is 5.82 Å². The lowest BCUT2D eigenvalue weighted by Crippen LogP contribution is -2.48. The van der Waals surface area contributed by atoms with Gasteiger partial charge in [0.05, 0.1) is 12.1 Å². The number of hydrogen-bond acceptors (Lipinski definition) is 2. The third-order valence-electron chi connectivity index (χ3n) is 2.72. The summed E-state index contributed by atoms with van der Waals surface area (Å²) in [6.45, 7) is 5.42. The van der Waals surface area contributed by atoms with Crippen LogP contribution in [0.3, 0.4) is 0 Å². The van der Waals surface area contributed by atoms with Crippen LogP contribution >= 0.6 is 0 Å². The van der Waals surface area contributed by atoms with E-state index in [4.69, 9.17) is 5.11 Å². The van der Waals surface area contributed by atoms with Gasteiger partial charge in [0.15, 0.2) is 0 Å². The van der Waals surface area contributed by atoms with Gasteiger partial charge in [0.2, 0.25) is 0 Å². The van der Waals surface area contributed by atoms with Crippen molar-refractivity contribution in [1.82, 2.24) is 4.90 Å². The number of halogens is 1. The zero-order valence-corrected chi connectivity index (χ0v) is 11.8. The molecule has 1 aromatic carbocycles. The van der Waals surface area contributed by atoms with Gasteiger partial charge in [-0.25, -0.2) is 9.18 Å². The number of anilines is 1. The maximum atomic E-state index is 13.5. The minimum absolute atomic E-state index is 0.0547. The van der Waals surface area contributed by atoms with E-state index in [0.717, 1.165) is 0 Å². The highest BCUT2D eigenvalue weighted by Gasteiger charge is 2.27. The highest BCUT2D eigenvalue weighted by molar-refractivity contribution is 5.90. The van der Waals surface area contributed by atoms with Gasteiger partial charge >= 0.3 is 12.0 Å². The number of carboxylic acids is 1. The molecule has 1 aromatic rings. The molecule has 20 heavy (non-hydrogen) atoms. The second-order valence-corrected chi connectivity index (χ2v) is 5.38. The van der Waals surface area contributed by atoms with Gasteiger partial charge in [-0.05, 0) is 32.9 Å². The average Bonchev–Trinajstić information content (AvgIpc) is 2.30. The first kappa shape index (κ1) is 15.9. The molecule has 0 aliphatic heterocycles. The van der Waals surface area contributed by atoms with Crippen LogP contribution < -0.4 is 5.32 Å². The first-order valence-electron chi connectivity index (χ1n) is 6.27. The third-order valence-corrected chi connectivity index (χ3v) is 2.72. The molecule has 0 heterocycles. The molecule has 0 aliphatic carbocycles. The molecule has 0 atom stereocenters. The first-order valence-corrected chi connectivity index (χ1v) is 6.27. The lowest BCUT2D eigenvalue weighted by Gasteiger charge is -2.35. The van der Waals surface area contributed by atoms with Crippen LogP contribution in [0.4, 0.5) is 14.9 Å². The molecule has 0 aliphatic rings. The summed E-state index contributed by atoms with van der Waals surface area (Å²) in [6.07, 6.45) is -0.165. The van der Waals surface area contributed by atoms with Gasteiger partial charge in [-0.3, -0.25) is 4.79 Å². The molecule has 0 saturated heterocycles. The fourth-order valence-electron chi connectivity index (χ4n) is 1.69. The van der Waals surface area contributed by atoms with Gasteiger partial charge < -0.3 is 15.3 Å². The minimum atomic E-state index is -0.988. The molecule has 2 amide bonds. The Morgan fingerprint density at radius 2 is 1.90 bits per heavy atom. The number of carboxylic acid groups (broad SMARTS) is 1. The van der Waals surface area contributed by atoms with Gasteiger partial charge in [0, 0.05) is 12.1 Å². The maximum Gasteiger partial charge on any atom is 0.322 e. The number of benzene rings is 1. The van der Waals surface area contributed by atoms with Gasteiger partial charge in [-0.2, -0.15) is 0 Å². The summed E-state index contributed by atoms with van der Waals surface area (Å²) in [7, 11) is 0. The number of urea groups is 1. The van der Waals surface area contributed by atoms with Crippen molar-refractivity contribution in [3.05, 3.63) is 30.1 Å². The Morgan fingerprint density at radius 3 is 2.40 bits per heavy atom. The molecule has 6 heteroatoms. The minimum Gasteiger partial charge on any atom is -0.481 e. The molecule has 1 rings (SSSR count). The zero-order chi connectivity index (χ0) is 15.3. The predicted octanol–water partition coefficient (Wildman–Crippen LogP) is 2.93. The van der Waals surface area contributed by atoms with E-state index in [1.165, 1.54) is 23.1 Å². The number of carbonyl (C=O) groups excluding carboxylic acids is 1. The van der Waals surface area contributed by atoms with E-state index in [1.54, 1.807) is 26.8 Å². The maximum absolute atomic E-state index is 13.5. The molecule has 0 aromatic heterocycles. The largest absolute Gasteiger partial charge is 0.481 e. The SMILES string of the molecule is CC(C)(C)N(CCC(=O)O)C(=O)Nc1ccccc1F. The molecular weight excluding hydrogens is 263 g/mol. The van der Waals surface area contributed by atoms with Gasteiger partial charge in [-0.15, -0.1) is 0 Å². The summed E-state index contributed by atoms with van der Waals surface area (Å²) in [5.74, 6) is -1.52. The van der Waals surface area contributed by atoms with Crippen molar-refractivity contribution in [2.24, 2.45) is 0 Å². The number of amides is 2. The van der Waals surface area contributed by atoms with Gasteiger partial charge in [-0.1, -0.05) is 12.1 Å². The monoisotopic (exact) mass is 282 g/mol. The number of hydrogen-bond donors (Lipinski definition) is 2. The second-order valence-electron chi connectivity index (χ2n) is 5.38. The van der Waals surface area contributed by atoms with Crippen LogP contribution in [-0.4, -0.2) is 34.1 Å². The van der Waals surface area contributed by atoms with Crippen molar-refractivity contribution in [3.8, 4) is 0 Å². The van der Waals surface area contributed by atoms with Crippen molar-refractivity contribution in [3.63, 3.8) is 0 Å². The Morgan fingerprint density at radius 1 is 1.30 bits per heavy atom. The fourth-order valence-corrected chi connectivity index (χ4v) is 1.69. The van der Waals surface area contributed by atoms with E-state index in [1.807, 2.05) is 0 Å². The molecular formula is C14H19FN2O3. The van der Waals surface area contributed by atoms with Crippen molar-refractivity contribution in [2.75, 3.05) is 11.9 Å². The topological polar surface area (TPSA) is 69.6 Å². The Labute approximate surface area is 117 Å². The smallest absolute Gasteiger partial charge is 0.322 e. The molecule has 0 unspecified atom stereocenters. The molecule has 0 bridgehead atoms. The summed E-state index contributed by atoms with van der Waals surface area (Å²) in [5, 5.41) is 11.2. The molecule has 0 saturated carbocycles. The predicted molar refractivity (Wildman–Crippen MR) is 74.1 cm³/mol. The highest BCUT2D eigenvalue weighted by atomic mass is 19.1. The zero-order valence-electron chi connectivity index (χ0n) is 11.8. The normalized spacial score (nSPS) is 11.0. The van der Waals surface area contributed by atoms with Gasteiger partial charge in [0.1, 0.15) is 5.82 Å². The molecule has 2 N–H and O–H groups in total. The summed E-state index contributed by atoms with van der Waals surface area (Å²) < 4.78 is 13.5. The van der Waals surface area contributed by atoms with E-state index in [-0.39, 0.29) is 18.7 Å². The molecule has 0 spiro atoms. The van der Waals surface area contributed by atoms with E-state index in [0.29, 0.717) is 0 Å². The van der Waals surface area contributed by atoms with Crippen molar-refractivity contribution < 1.29 is 19.1 Å². The van der Waals surface area contributed by atoms with Crippen molar-refractivity contribution in [1.29, 1.82) is 0 Å². The van der Waals surface area contributed by atoms with Crippen LogP contribution in [0.15, 0.2) is 24.3 Å². The quantitative estimate of drug-likeness (QED) is 0.892. The number of para-hydroxylation sites is 1. The average molecular weight is 282 g/mol. The number of rotatable bonds is 4. The van der Waals surface area contributed by atoms with E-state index >= 15 is 0 Å². The van der Waals surface area contributed by atoms with Crippen molar-refractivity contribution in [2.45, 2.75) is 32.7 Å². The Bertz CT molecular complexity index is 497. The molecule has 0 radical (unpaired) electrons. The van der Waals surface area contributed by atoms with Crippen LogP contribution in [-0.2, 0) is 4.79 Å². The number of nitrogens with one attached hydrogen (secondary N) is 1. The van der Waals surface area contributed by atoms with Crippen LogP contribution in [0.25, 0.3) is 0 Å². The fraction of sp³-hybridized carbons (Fsp3) is 0.429. The standard InChI is InChI=1S/C14H19FN2O3/c1-14(2,3)17(9-8-12(18)19)13(20)16-11-7-5-4-6-10(11)15/h4-7H,8-9H2,1-3H3,(H,16,20)(H,18,19). The number of nitrogens with zero attached hydrogens (tertiary/aromatic N) is 1. The van der Waals surface area contributed by atoms with E-state index < -0.39 is 23.4 Å². The number of carbonyl (C=O) groups is 2. The van der Waals surface area contributed by atoms with E-state index in [2.05, 4.69) is 5.32 Å². The van der Waals surface area contributed by atoms with Gasteiger partial charge in [0.25, 0.3) is 0 Å². The summed E-state index contributed by atoms with van der Waals surface area (Å²) in [5.41, 5.74) is -0.493.